The lowest BCUT2D eigenvalue weighted by molar-refractivity contribution is 0.0631. The molecule has 1 aliphatic heterocycles. The van der Waals surface area contributed by atoms with E-state index >= 15 is 0 Å². The summed E-state index contributed by atoms with van der Waals surface area (Å²) in [5.74, 6) is 0. The summed E-state index contributed by atoms with van der Waals surface area (Å²) in [5, 5.41) is 12.6. The van der Waals surface area contributed by atoms with Crippen molar-refractivity contribution in [3.05, 3.63) is 121 Å². The van der Waals surface area contributed by atoms with Gasteiger partial charge in [-0.15, -0.1) is 0 Å². The van der Waals surface area contributed by atoms with Crippen LogP contribution in [0.3, 0.4) is 0 Å². The number of rotatable bonds is 8. The number of hydrogen-bond acceptors (Lipinski definition) is 3. The molecular weight excluding hydrogens is 466 g/mol. The van der Waals surface area contributed by atoms with E-state index in [9.17, 15) is 5.11 Å². The van der Waals surface area contributed by atoms with Crippen molar-refractivity contribution >= 4 is 10.9 Å². The lowest BCUT2D eigenvalue weighted by Crippen LogP contribution is -2.48. The first-order chi connectivity index (χ1) is 18.8. The Morgan fingerprint density at radius 2 is 1.13 bits per heavy atom. The number of aliphatic hydroxyl groups excluding tert-OH is 1. The largest absolute Gasteiger partial charge is 0.390 e. The molecule has 6 rings (SSSR count). The van der Waals surface area contributed by atoms with E-state index in [0.29, 0.717) is 13.1 Å². The molecule has 0 spiro atoms. The van der Waals surface area contributed by atoms with Gasteiger partial charge in [0.1, 0.15) is 0 Å². The molecule has 4 nitrogen and oxygen atoms in total. The van der Waals surface area contributed by atoms with Gasteiger partial charge in [-0.05, 0) is 22.8 Å². The molecule has 4 heteroatoms. The number of nitrogens with zero attached hydrogens (tertiary/aromatic N) is 3. The van der Waals surface area contributed by atoms with Crippen molar-refractivity contribution in [3.63, 3.8) is 0 Å². The third kappa shape index (κ3) is 5.30. The molecule has 0 saturated carbocycles. The highest BCUT2D eigenvalue weighted by atomic mass is 16.3. The first kappa shape index (κ1) is 24.6. The Morgan fingerprint density at radius 1 is 0.579 bits per heavy atom. The van der Waals surface area contributed by atoms with Crippen LogP contribution in [0.25, 0.3) is 33.3 Å². The summed E-state index contributed by atoms with van der Waals surface area (Å²) in [5.41, 5.74) is 7.30. The molecule has 0 unspecified atom stereocenters. The summed E-state index contributed by atoms with van der Waals surface area (Å²) in [6.45, 7) is 6.26. The van der Waals surface area contributed by atoms with E-state index in [0.717, 1.165) is 38.2 Å². The van der Waals surface area contributed by atoms with Crippen LogP contribution in [0.4, 0.5) is 0 Å². The Hall–Kier alpha value is -3.70. The van der Waals surface area contributed by atoms with Gasteiger partial charge in [-0.25, -0.2) is 0 Å². The van der Waals surface area contributed by atoms with Crippen molar-refractivity contribution in [3.8, 4) is 22.4 Å². The van der Waals surface area contributed by atoms with E-state index in [2.05, 4.69) is 130 Å². The van der Waals surface area contributed by atoms with Gasteiger partial charge in [0.05, 0.1) is 18.3 Å². The minimum absolute atomic E-state index is 0.461. The molecule has 0 aliphatic carbocycles. The van der Waals surface area contributed by atoms with Crippen molar-refractivity contribution in [2.75, 3.05) is 32.7 Å². The second-order valence-corrected chi connectivity index (χ2v) is 10.3. The van der Waals surface area contributed by atoms with Crippen LogP contribution in [0.5, 0.6) is 0 Å². The summed E-state index contributed by atoms with van der Waals surface area (Å²) in [4.78, 5) is 4.93. The van der Waals surface area contributed by atoms with Gasteiger partial charge in [0.2, 0.25) is 0 Å². The Kier molecular flexibility index (Phi) is 7.36. The zero-order chi connectivity index (χ0) is 25.7. The van der Waals surface area contributed by atoms with E-state index in [1.54, 1.807) is 0 Å². The fourth-order valence-corrected chi connectivity index (χ4v) is 5.82. The van der Waals surface area contributed by atoms with Crippen molar-refractivity contribution in [1.29, 1.82) is 0 Å². The fourth-order valence-electron chi connectivity index (χ4n) is 5.82. The molecule has 1 saturated heterocycles. The van der Waals surface area contributed by atoms with Gasteiger partial charge in [0, 0.05) is 55.7 Å². The highest BCUT2D eigenvalue weighted by Crippen LogP contribution is 2.41. The zero-order valence-electron chi connectivity index (χ0n) is 21.8. The van der Waals surface area contributed by atoms with E-state index < -0.39 is 6.10 Å². The third-order valence-electron chi connectivity index (χ3n) is 7.66. The number of aromatic nitrogens is 1. The summed E-state index contributed by atoms with van der Waals surface area (Å²) in [6, 6.07) is 40.5. The van der Waals surface area contributed by atoms with Crippen LogP contribution >= 0.6 is 0 Å². The summed E-state index contributed by atoms with van der Waals surface area (Å²) < 4.78 is 2.34. The first-order valence-corrected chi connectivity index (χ1v) is 13.6. The number of β-amino-alcohol motifs (C(OH)–C–C–N with tert-alkyl or cyclic N) is 1. The number of aliphatic hydroxyl groups is 1. The highest BCUT2D eigenvalue weighted by molar-refractivity contribution is 6.04. The van der Waals surface area contributed by atoms with Gasteiger partial charge >= 0.3 is 0 Å². The van der Waals surface area contributed by atoms with Crippen LogP contribution < -0.4 is 0 Å². The topological polar surface area (TPSA) is 31.6 Å². The summed E-state index contributed by atoms with van der Waals surface area (Å²) in [7, 11) is 0. The van der Waals surface area contributed by atoms with Crippen molar-refractivity contribution in [2.45, 2.75) is 19.2 Å². The first-order valence-electron chi connectivity index (χ1n) is 13.6. The molecule has 2 heterocycles. The van der Waals surface area contributed by atoms with Gasteiger partial charge in [0.25, 0.3) is 0 Å². The average molecular weight is 502 g/mol. The number of benzene rings is 4. The average Bonchev–Trinajstić information content (AvgIpc) is 3.29. The molecule has 4 aromatic carbocycles. The summed E-state index contributed by atoms with van der Waals surface area (Å²) >= 11 is 0. The maximum absolute atomic E-state index is 11.4. The molecule has 0 bridgehead atoms. The lowest BCUT2D eigenvalue weighted by atomic mass is 9.98. The maximum atomic E-state index is 11.4. The van der Waals surface area contributed by atoms with Gasteiger partial charge < -0.3 is 9.67 Å². The molecule has 1 N–H and O–H groups in total. The number of fused-ring (bicyclic) bond motifs is 1. The highest BCUT2D eigenvalue weighted by Gasteiger charge is 2.24. The molecule has 38 heavy (non-hydrogen) atoms. The minimum Gasteiger partial charge on any atom is -0.390 e. The normalized spacial score (nSPS) is 15.6. The molecule has 0 amide bonds. The molecule has 192 valence electrons. The monoisotopic (exact) mass is 501 g/mol. The van der Waals surface area contributed by atoms with E-state index in [-0.39, 0.29) is 0 Å². The van der Waals surface area contributed by atoms with Crippen LogP contribution in [0.1, 0.15) is 5.56 Å². The van der Waals surface area contributed by atoms with Gasteiger partial charge in [-0.3, -0.25) is 9.80 Å². The maximum Gasteiger partial charge on any atom is 0.0845 e. The second kappa shape index (κ2) is 11.4. The van der Waals surface area contributed by atoms with Crippen LogP contribution in [0.2, 0.25) is 0 Å². The number of hydrogen-bond donors (Lipinski definition) is 1. The van der Waals surface area contributed by atoms with Crippen LogP contribution in [0.15, 0.2) is 115 Å². The standard InChI is InChI=1S/C34H35N3O/c38-30(25-36-22-20-35(21-23-36)24-27-12-4-1-5-13-27)26-37-32-19-11-10-18-31(32)33(28-14-6-2-7-15-28)34(37)29-16-8-3-9-17-29/h1-19,30,38H,20-26H2/t30-/m0/s1. The van der Waals surface area contributed by atoms with Gasteiger partial charge in [0.15, 0.2) is 0 Å². The van der Waals surface area contributed by atoms with Crippen molar-refractivity contribution in [1.82, 2.24) is 14.4 Å². The third-order valence-corrected chi connectivity index (χ3v) is 7.66. The Bertz CT molecular complexity index is 1460. The van der Waals surface area contributed by atoms with E-state index in [1.165, 1.54) is 33.3 Å². The number of piperazine rings is 1. The lowest BCUT2D eigenvalue weighted by Gasteiger charge is -2.35. The van der Waals surface area contributed by atoms with Gasteiger partial charge in [-0.2, -0.15) is 0 Å². The summed E-state index contributed by atoms with van der Waals surface area (Å²) in [6.07, 6.45) is -0.461. The molecule has 5 aromatic rings. The Labute approximate surface area is 225 Å². The van der Waals surface area contributed by atoms with Crippen LogP contribution in [0, 0.1) is 0 Å². The van der Waals surface area contributed by atoms with Crippen molar-refractivity contribution < 1.29 is 5.11 Å². The molecule has 1 fully saturated rings. The molecule has 0 radical (unpaired) electrons. The Balaban J connectivity index is 1.24. The minimum atomic E-state index is -0.461. The van der Waals surface area contributed by atoms with Crippen molar-refractivity contribution in [2.24, 2.45) is 0 Å². The smallest absolute Gasteiger partial charge is 0.0845 e. The number of para-hydroxylation sites is 1. The molecule has 1 aromatic heterocycles. The van der Waals surface area contributed by atoms with Crippen LogP contribution in [-0.4, -0.2) is 58.3 Å². The molecular formula is C34H35N3O. The van der Waals surface area contributed by atoms with Crippen LogP contribution in [-0.2, 0) is 13.1 Å². The Morgan fingerprint density at radius 3 is 1.82 bits per heavy atom. The second-order valence-electron chi connectivity index (χ2n) is 10.3. The molecule has 1 aliphatic rings. The quantitative estimate of drug-likeness (QED) is 0.277. The molecule has 1 atom stereocenters. The SMILES string of the molecule is O[C@@H](CN1CCN(Cc2ccccc2)CC1)Cn1c(-c2ccccc2)c(-c2ccccc2)c2ccccc21. The fraction of sp³-hybridized carbons (Fsp3) is 0.235. The zero-order valence-corrected chi connectivity index (χ0v) is 21.8. The predicted octanol–water partition coefficient (Wildman–Crippen LogP) is 6.15. The predicted molar refractivity (Wildman–Crippen MR) is 157 cm³/mol. The van der Waals surface area contributed by atoms with E-state index in [4.69, 9.17) is 0 Å². The van der Waals surface area contributed by atoms with Gasteiger partial charge in [-0.1, -0.05) is 109 Å². The van der Waals surface area contributed by atoms with E-state index in [1.807, 2.05) is 0 Å².